The smallest absolute Gasteiger partial charge is 0.395 e. The molecule has 2 aromatic carbocycles. The summed E-state index contributed by atoms with van der Waals surface area (Å²) in [7, 11) is 0. The van der Waals surface area contributed by atoms with Crippen LogP contribution < -0.4 is 14.8 Å². The summed E-state index contributed by atoms with van der Waals surface area (Å²) in [6.07, 6.45) is -2.70. The van der Waals surface area contributed by atoms with Crippen molar-refractivity contribution in [1.82, 2.24) is 4.57 Å². The quantitative estimate of drug-likeness (QED) is 0.378. The minimum atomic E-state index is -3.71. The molecule has 37 heavy (non-hydrogen) atoms. The van der Waals surface area contributed by atoms with E-state index in [-0.39, 0.29) is 40.3 Å². The molecule has 9 heteroatoms. The lowest BCUT2D eigenvalue weighted by Gasteiger charge is -2.24. The highest BCUT2D eigenvalue weighted by atomic mass is 19.3. The summed E-state index contributed by atoms with van der Waals surface area (Å²) in [5.74, 6) is -0.323. The number of aromatic nitrogens is 1. The second kappa shape index (κ2) is 8.70. The normalized spacial score (nSPS) is 18.2. The van der Waals surface area contributed by atoms with E-state index in [1.807, 2.05) is 19.1 Å². The van der Waals surface area contributed by atoms with Crippen LogP contribution in [0.15, 0.2) is 36.4 Å². The van der Waals surface area contributed by atoms with Crippen LogP contribution >= 0.6 is 0 Å². The number of ether oxygens (including phenoxy) is 2. The molecule has 0 radical (unpaired) electrons. The first-order chi connectivity index (χ1) is 17.4. The number of carbonyl (C=O) groups excluding carboxylic acids is 1. The summed E-state index contributed by atoms with van der Waals surface area (Å²) in [6, 6.07) is 10.4. The van der Waals surface area contributed by atoms with Crippen LogP contribution in [0.25, 0.3) is 10.9 Å². The number of halogens is 2. The van der Waals surface area contributed by atoms with E-state index < -0.39 is 17.8 Å². The first-order valence-corrected chi connectivity index (χ1v) is 12.5. The van der Waals surface area contributed by atoms with Gasteiger partial charge in [0.1, 0.15) is 0 Å². The van der Waals surface area contributed by atoms with Gasteiger partial charge in [-0.1, -0.05) is 33.8 Å². The monoisotopic (exact) mass is 520 g/mol. The van der Waals surface area contributed by atoms with E-state index in [0.717, 1.165) is 22.2 Å². The number of aryl methyl sites for hydroxylation is 1. The van der Waals surface area contributed by atoms with Gasteiger partial charge in [0.25, 0.3) is 0 Å². The number of fused-ring (bicyclic) bond motifs is 2. The third-order valence-corrected chi connectivity index (χ3v) is 7.22. The number of amides is 1. The molecule has 2 heterocycles. The molecule has 1 aliphatic heterocycles. The number of aliphatic hydroxyl groups excluding tert-OH is 2. The van der Waals surface area contributed by atoms with Crippen LogP contribution in [-0.4, -0.2) is 39.7 Å². The summed E-state index contributed by atoms with van der Waals surface area (Å²) < 4.78 is 38.1. The molecule has 1 saturated carbocycles. The van der Waals surface area contributed by atoms with Crippen LogP contribution in [0.3, 0.4) is 0 Å². The number of aliphatic hydroxyl groups is 2. The van der Waals surface area contributed by atoms with Gasteiger partial charge >= 0.3 is 6.29 Å². The highest BCUT2D eigenvalue weighted by Crippen LogP contribution is 2.52. The lowest BCUT2D eigenvalue weighted by molar-refractivity contribution is -0.286. The Hall–Kier alpha value is -3.17. The summed E-state index contributed by atoms with van der Waals surface area (Å²) in [5, 5.41) is 23.7. The first kappa shape index (κ1) is 25.5. The van der Waals surface area contributed by atoms with Crippen molar-refractivity contribution in [1.29, 1.82) is 0 Å². The van der Waals surface area contributed by atoms with Crippen molar-refractivity contribution in [3.63, 3.8) is 0 Å². The van der Waals surface area contributed by atoms with Crippen molar-refractivity contribution in [2.24, 2.45) is 0 Å². The Morgan fingerprint density at radius 2 is 1.86 bits per heavy atom. The van der Waals surface area contributed by atoms with Crippen molar-refractivity contribution >= 4 is 22.5 Å². The SMILES string of the molecule is CCc1cc(NC(=O)C2(c3ccc4c(c3)OC(F)(F)O4)CC2)cc2cc(C(C)(C)C)n(C[C@@H](O)CO)c12.[HH].[HH].[HH]. The van der Waals surface area contributed by atoms with E-state index in [1.165, 1.54) is 12.1 Å². The second-order valence-corrected chi connectivity index (χ2v) is 11.0. The molecule has 0 bridgehead atoms. The average Bonchev–Trinajstić information content (AvgIpc) is 3.46. The zero-order chi connectivity index (χ0) is 26.8. The van der Waals surface area contributed by atoms with Crippen LogP contribution in [0.2, 0.25) is 0 Å². The summed E-state index contributed by atoms with van der Waals surface area (Å²) in [4.78, 5) is 13.5. The Kier molecular flexibility index (Phi) is 5.99. The van der Waals surface area contributed by atoms with Gasteiger partial charge in [0.15, 0.2) is 11.5 Å². The molecule has 1 amide bonds. The van der Waals surface area contributed by atoms with Crippen molar-refractivity contribution in [3.8, 4) is 11.5 Å². The van der Waals surface area contributed by atoms with Gasteiger partial charge in [-0.2, -0.15) is 0 Å². The molecule has 204 valence electrons. The number of carbonyl (C=O) groups is 1. The molecule has 0 saturated heterocycles. The first-order valence-electron chi connectivity index (χ1n) is 12.5. The maximum atomic E-state index is 13.5. The lowest BCUT2D eigenvalue weighted by Crippen LogP contribution is -2.28. The number of nitrogens with zero attached hydrogens (tertiary/aromatic N) is 1. The van der Waals surface area contributed by atoms with E-state index in [2.05, 4.69) is 46.2 Å². The molecule has 5 rings (SSSR count). The highest BCUT2D eigenvalue weighted by Gasteiger charge is 2.52. The van der Waals surface area contributed by atoms with Gasteiger partial charge in [0.2, 0.25) is 5.91 Å². The van der Waals surface area contributed by atoms with Gasteiger partial charge in [-0.15, -0.1) is 8.78 Å². The van der Waals surface area contributed by atoms with E-state index in [1.54, 1.807) is 6.07 Å². The van der Waals surface area contributed by atoms with Gasteiger partial charge in [0, 0.05) is 26.5 Å². The number of benzene rings is 2. The molecule has 7 nitrogen and oxygen atoms in total. The zero-order valence-corrected chi connectivity index (χ0v) is 21.4. The fourth-order valence-electron chi connectivity index (χ4n) is 5.19. The topological polar surface area (TPSA) is 93.0 Å². The van der Waals surface area contributed by atoms with Crippen LogP contribution in [-0.2, 0) is 28.6 Å². The largest absolute Gasteiger partial charge is 0.586 e. The van der Waals surface area contributed by atoms with E-state index in [4.69, 9.17) is 0 Å². The summed E-state index contributed by atoms with van der Waals surface area (Å²) in [5.41, 5.74) is 3.22. The third-order valence-electron chi connectivity index (χ3n) is 7.22. The Bertz CT molecular complexity index is 1390. The molecular weight excluding hydrogens is 482 g/mol. The Labute approximate surface area is 218 Å². The molecule has 1 aromatic heterocycles. The lowest BCUT2D eigenvalue weighted by atomic mass is 9.92. The van der Waals surface area contributed by atoms with Crippen molar-refractivity contribution in [2.75, 3.05) is 11.9 Å². The van der Waals surface area contributed by atoms with Gasteiger partial charge in [0.05, 0.1) is 30.2 Å². The zero-order valence-electron chi connectivity index (χ0n) is 21.4. The standard InChI is InChI=1S/C28H32F2N2O5.3H2/c1-5-16-10-19(11-17-12-23(26(2,3)4)32(24(16)17)14-20(34)15-33)31-25(35)27(8-9-27)18-6-7-21-22(13-18)37-28(29,30)36-21;;;/h6-7,10-13,20,33-34H,5,8-9,14-15H2,1-4H3,(H,31,35);3*1H/t20-;;;/m1.../s1. The van der Waals surface area contributed by atoms with Gasteiger partial charge in [-0.3, -0.25) is 4.79 Å². The molecule has 2 aliphatic rings. The molecule has 1 aliphatic carbocycles. The predicted molar refractivity (Wildman–Crippen MR) is 142 cm³/mol. The van der Waals surface area contributed by atoms with Gasteiger partial charge in [-0.05, 0) is 60.7 Å². The average molecular weight is 521 g/mol. The van der Waals surface area contributed by atoms with Gasteiger partial charge in [-0.25, -0.2) is 0 Å². The Morgan fingerprint density at radius 1 is 1.16 bits per heavy atom. The van der Waals surface area contributed by atoms with Crippen LogP contribution in [0.5, 0.6) is 11.5 Å². The number of hydrogen-bond donors (Lipinski definition) is 3. The minimum Gasteiger partial charge on any atom is -0.395 e. The number of anilines is 1. The number of alkyl halides is 2. The van der Waals surface area contributed by atoms with E-state index in [0.29, 0.717) is 30.5 Å². The molecule has 0 spiro atoms. The highest BCUT2D eigenvalue weighted by molar-refractivity contribution is 6.03. The molecule has 3 aromatic rings. The molecule has 1 atom stereocenters. The van der Waals surface area contributed by atoms with E-state index >= 15 is 0 Å². The number of rotatable bonds is 7. The maximum Gasteiger partial charge on any atom is 0.586 e. The van der Waals surface area contributed by atoms with Gasteiger partial charge < -0.3 is 29.6 Å². The second-order valence-electron chi connectivity index (χ2n) is 11.0. The van der Waals surface area contributed by atoms with E-state index in [9.17, 15) is 23.8 Å². The third kappa shape index (κ3) is 4.55. The maximum absolute atomic E-state index is 13.5. The molecular formula is C28H38F2N2O5. The fraction of sp³-hybridized carbons (Fsp3) is 0.464. The summed E-state index contributed by atoms with van der Waals surface area (Å²) >= 11 is 0. The van der Waals surface area contributed by atoms with Crippen molar-refractivity contribution in [2.45, 2.75) is 76.7 Å². The fourth-order valence-corrected chi connectivity index (χ4v) is 5.19. The van der Waals surface area contributed by atoms with Crippen LogP contribution in [0.1, 0.15) is 61.6 Å². The predicted octanol–water partition coefficient (Wildman–Crippen LogP) is 5.58. The van der Waals surface area contributed by atoms with Crippen molar-refractivity contribution < 1.29 is 37.5 Å². The van der Waals surface area contributed by atoms with Crippen LogP contribution in [0, 0.1) is 0 Å². The summed E-state index contributed by atoms with van der Waals surface area (Å²) in [6.45, 7) is 8.23. The number of nitrogens with one attached hydrogen (secondary N) is 1. The van der Waals surface area contributed by atoms with Crippen LogP contribution in [0.4, 0.5) is 14.5 Å². The minimum absolute atomic E-state index is 0. The Morgan fingerprint density at radius 3 is 2.49 bits per heavy atom. The van der Waals surface area contributed by atoms with Crippen molar-refractivity contribution in [3.05, 3.63) is 53.2 Å². The molecule has 0 unspecified atom stereocenters. The Balaban J connectivity index is 0.00000187. The number of hydrogen-bond acceptors (Lipinski definition) is 5. The molecule has 3 N–H and O–H groups in total. The molecule has 1 fully saturated rings.